The Kier molecular flexibility index (Phi) is 12.5. The van der Waals surface area contributed by atoms with Crippen LogP contribution in [-0.2, 0) is 17.8 Å². The molecule has 0 heterocycles. The molecule has 0 saturated carbocycles. The van der Waals surface area contributed by atoms with Crippen molar-refractivity contribution in [3.8, 4) is 0 Å². The summed E-state index contributed by atoms with van der Waals surface area (Å²) < 4.78 is 5.80. The first-order valence-corrected chi connectivity index (χ1v) is 13.4. The fourth-order valence-electron chi connectivity index (χ4n) is 4.20. The van der Waals surface area contributed by atoms with Crippen LogP contribution < -0.4 is 0 Å². The third-order valence-electron chi connectivity index (χ3n) is 6.45. The largest absolute Gasteiger partial charge is 0.377 e. The third kappa shape index (κ3) is 10.6. The summed E-state index contributed by atoms with van der Waals surface area (Å²) in [5, 5.41) is 0. The van der Waals surface area contributed by atoms with Crippen LogP contribution in [0.2, 0.25) is 0 Å². The molecule has 0 saturated heterocycles. The van der Waals surface area contributed by atoms with Crippen LogP contribution in [0.25, 0.3) is 12.2 Å². The third-order valence-corrected chi connectivity index (χ3v) is 6.45. The lowest BCUT2D eigenvalue weighted by Gasteiger charge is -2.06. The van der Waals surface area contributed by atoms with Gasteiger partial charge in [0.2, 0.25) is 0 Å². The normalized spacial score (nSPS) is 11.1. The summed E-state index contributed by atoms with van der Waals surface area (Å²) in [7, 11) is 0. The Morgan fingerprint density at radius 2 is 1.25 bits per heavy atom. The molecule has 0 N–H and O–H groups in total. The smallest absolute Gasteiger partial charge is 0.185 e. The van der Waals surface area contributed by atoms with E-state index < -0.39 is 0 Å². The monoisotopic (exact) mass is 480 g/mol. The number of hydrogen-bond acceptors (Lipinski definition) is 2. The second kappa shape index (κ2) is 16.4. The highest BCUT2D eigenvalue weighted by Crippen LogP contribution is 2.14. The van der Waals surface area contributed by atoms with Crippen LogP contribution in [-0.4, -0.2) is 12.4 Å². The van der Waals surface area contributed by atoms with Gasteiger partial charge in [-0.1, -0.05) is 136 Å². The Bertz CT molecular complexity index is 1050. The van der Waals surface area contributed by atoms with E-state index in [4.69, 9.17) is 4.74 Å². The fourth-order valence-corrected chi connectivity index (χ4v) is 4.20. The first kappa shape index (κ1) is 27.4. The lowest BCUT2D eigenvalue weighted by Crippen LogP contribution is -1.95. The molecule has 2 nitrogen and oxygen atoms in total. The van der Waals surface area contributed by atoms with Gasteiger partial charge in [0, 0.05) is 12.2 Å². The number of allylic oxidation sites excluding steroid dienone is 1. The van der Waals surface area contributed by atoms with Gasteiger partial charge in [0.1, 0.15) is 0 Å². The van der Waals surface area contributed by atoms with Gasteiger partial charge in [-0.15, -0.1) is 0 Å². The zero-order chi connectivity index (χ0) is 25.3. The highest BCUT2D eigenvalue weighted by atomic mass is 16.5. The van der Waals surface area contributed by atoms with Crippen LogP contribution >= 0.6 is 0 Å². The van der Waals surface area contributed by atoms with Crippen LogP contribution in [0.1, 0.15) is 84.0 Å². The van der Waals surface area contributed by atoms with Crippen molar-refractivity contribution in [1.82, 2.24) is 0 Å². The van der Waals surface area contributed by atoms with Crippen LogP contribution in [0.3, 0.4) is 0 Å². The number of benzene rings is 3. The molecule has 0 aliphatic carbocycles. The predicted octanol–water partition coefficient (Wildman–Crippen LogP) is 9.11. The van der Waals surface area contributed by atoms with Crippen molar-refractivity contribution >= 4 is 17.9 Å². The molecular weight excluding hydrogens is 440 g/mol. The molecule has 36 heavy (non-hydrogen) atoms. The number of carbonyl (C=O) groups excluding carboxylic acids is 1. The number of aryl methyl sites for hydroxylation is 1. The molecule has 0 atom stereocenters. The number of hydrogen-bond donors (Lipinski definition) is 0. The summed E-state index contributed by atoms with van der Waals surface area (Å²) in [6.07, 6.45) is 16.8. The SMILES string of the molecule is C=Cc1ccc(COCCCCCCCCCCc2ccc(/C=C/C(=O)c3ccccc3)cc2)cc1. The van der Waals surface area contributed by atoms with Crippen molar-refractivity contribution < 1.29 is 9.53 Å². The molecule has 188 valence electrons. The number of rotatable bonds is 17. The van der Waals surface area contributed by atoms with Gasteiger partial charge in [-0.2, -0.15) is 0 Å². The highest BCUT2D eigenvalue weighted by molar-refractivity contribution is 6.06. The van der Waals surface area contributed by atoms with E-state index >= 15 is 0 Å². The fraction of sp³-hybridized carbons (Fsp3) is 0.324. The number of carbonyl (C=O) groups is 1. The maximum absolute atomic E-state index is 12.2. The maximum atomic E-state index is 12.2. The van der Waals surface area contributed by atoms with Crippen LogP contribution in [0, 0.1) is 0 Å². The van der Waals surface area contributed by atoms with Gasteiger partial charge < -0.3 is 4.74 Å². The minimum absolute atomic E-state index is 0.0406. The summed E-state index contributed by atoms with van der Waals surface area (Å²) in [5.74, 6) is 0.0406. The van der Waals surface area contributed by atoms with Gasteiger partial charge in [-0.05, 0) is 47.6 Å². The summed E-state index contributed by atoms with van der Waals surface area (Å²) in [6, 6.07) is 26.4. The molecule has 3 rings (SSSR count). The first-order chi connectivity index (χ1) is 17.7. The molecule has 0 spiro atoms. The summed E-state index contributed by atoms with van der Waals surface area (Å²) >= 11 is 0. The van der Waals surface area contributed by atoms with E-state index in [1.54, 1.807) is 6.08 Å². The van der Waals surface area contributed by atoms with Crippen molar-refractivity contribution in [3.05, 3.63) is 119 Å². The van der Waals surface area contributed by atoms with E-state index in [0.29, 0.717) is 6.61 Å². The molecular formula is C34H40O2. The van der Waals surface area contributed by atoms with Crippen LogP contribution in [0.15, 0.2) is 91.5 Å². The molecule has 3 aromatic carbocycles. The van der Waals surface area contributed by atoms with Crippen molar-refractivity contribution in [1.29, 1.82) is 0 Å². The van der Waals surface area contributed by atoms with E-state index in [1.165, 1.54) is 56.1 Å². The van der Waals surface area contributed by atoms with Crippen molar-refractivity contribution in [2.45, 2.75) is 64.4 Å². The highest BCUT2D eigenvalue weighted by Gasteiger charge is 2.00. The molecule has 0 unspecified atom stereocenters. The topological polar surface area (TPSA) is 26.3 Å². The summed E-state index contributed by atoms with van der Waals surface area (Å²) in [5.41, 5.74) is 5.54. The van der Waals surface area contributed by atoms with E-state index in [2.05, 4.69) is 55.1 Å². The molecule has 0 fully saturated rings. The second-order valence-electron chi connectivity index (χ2n) is 9.38. The molecule has 3 aromatic rings. The zero-order valence-corrected chi connectivity index (χ0v) is 21.5. The van der Waals surface area contributed by atoms with Gasteiger partial charge in [0.15, 0.2) is 5.78 Å². The molecule has 2 heteroatoms. The Morgan fingerprint density at radius 1 is 0.667 bits per heavy atom. The lowest BCUT2D eigenvalue weighted by atomic mass is 10.0. The van der Waals surface area contributed by atoms with Gasteiger partial charge in [0.25, 0.3) is 0 Å². The average molecular weight is 481 g/mol. The van der Waals surface area contributed by atoms with Gasteiger partial charge in [-0.25, -0.2) is 0 Å². The Hall–Kier alpha value is -3.23. The molecule has 0 aromatic heterocycles. The van der Waals surface area contributed by atoms with Gasteiger partial charge in [0.05, 0.1) is 6.61 Å². The van der Waals surface area contributed by atoms with Crippen LogP contribution in [0.5, 0.6) is 0 Å². The predicted molar refractivity (Wildman–Crippen MR) is 153 cm³/mol. The lowest BCUT2D eigenvalue weighted by molar-refractivity contribution is 0.104. The molecule has 0 aliphatic rings. The Morgan fingerprint density at radius 3 is 1.92 bits per heavy atom. The van der Waals surface area contributed by atoms with E-state index in [-0.39, 0.29) is 5.78 Å². The van der Waals surface area contributed by atoms with Crippen molar-refractivity contribution in [2.24, 2.45) is 0 Å². The zero-order valence-electron chi connectivity index (χ0n) is 21.5. The Balaban J connectivity index is 1.16. The minimum Gasteiger partial charge on any atom is -0.377 e. The summed E-state index contributed by atoms with van der Waals surface area (Å²) in [6.45, 7) is 5.33. The standard InChI is InChI=1S/C34H40O2/c1-2-29-17-23-32(24-18-29)28-36-27-13-8-6-4-3-5-7-10-14-30-19-21-31(22-20-30)25-26-34(35)33-15-11-9-12-16-33/h2,9,11-12,15-26H,1,3-8,10,13-14,27-28H2/b26-25+. The number of unbranched alkanes of at least 4 members (excludes halogenated alkanes) is 7. The molecule has 0 bridgehead atoms. The number of ketones is 1. The number of ether oxygens (including phenoxy) is 1. The first-order valence-electron chi connectivity index (χ1n) is 13.4. The van der Waals surface area contributed by atoms with Crippen molar-refractivity contribution in [2.75, 3.05) is 6.61 Å². The van der Waals surface area contributed by atoms with Crippen LogP contribution in [0.4, 0.5) is 0 Å². The second-order valence-corrected chi connectivity index (χ2v) is 9.38. The summed E-state index contributed by atoms with van der Waals surface area (Å²) in [4.78, 5) is 12.2. The van der Waals surface area contributed by atoms with Crippen molar-refractivity contribution in [3.63, 3.8) is 0 Å². The van der Waals surface area contributed by atoms with Gasteiger partial charge >= 0.3 is 0 Å². The molecule has 0 radical (unpaired) electrons. The minimum atomic E-state index is 0.0406. The maximum Gasteiger partial charge on any atom is 0.185 e. The van der Waals surface area contributed by atoms with Gasteiger partial charge in [-0.3, -0.25) is 4.79 Å². The van der Waals surface area contributed by atoms with E-state index in [1.807, 2.05) is 42.5 Å². The molecule has 0 amide bonds. The van der Waals surface area contributed by atoms with E-state index in [9.17, 15) is 4.79 Å². The average Bonchev–Trinajstić information content (AvgIpc) is 2.93. The quantitative estimate of drug-likeness (QED) is 0.109. The van der Waals surface area contributed by atoms with E-state index in [0.717, 1.165) is 36.1 Å². The molecule has 0 aliphatic heterocycles. The Labute approximate surface area is 217 Å².